The lowest BCUT2D eigenvalue weighted by atomic mass is 10.1. The van der Waals surface area contributed by atoms with Gasteiger partial charge in [0, 0.05) is 18.7 Å². The molecule has 3 unspecified atom stereocenters. The predicted octanol–water partition coefficient (Wildman–Crippen LogP) is 3.19. The number of aliphatic hydroxyl groups excluding tert-OH is 1. The molecule has 3 N–H and O–H groups in total. The molecule has 0 spiro atoms. The average Bonchev–Trinajstić information content (AvgIpc) is 2.65. The van der Waals surface area contributed by atoms with E-state index >= 15 is 0 Å². The molecule has 27 heavy (non-hydrogen) atoms. The molecule has 0 aliphatic carbocycles. The van der Waals surface area contributed by atoms with Gasteiger partial charge in [-0.25, -0.2) is 0 Å². The standard InChI is InChI=1S/C20H28NO5P/c1-15(20-18(25-2)10-7-11-19(20)26-3)21-12-17(22)14-27(23,24)13-16-8-5-4-6-9-16/h4-11,15,17,21-22H,12-14H2,1-3H3,(H,23,24). The van der Waals surface area contributed by atoms with Crippen LogP contribution >= 0.6 is 7.37 Å². The fourth-order valence-electron chi connectivity index (χ4n) is 3.05. The summed E-state index contributed by atoms with van der Waals surface area (Å²) in [5.74, 6) is 1.36. The average molecular weight is 393 g/mol. The van der Waals surface area contributed by atoms with Gasteiger partial charge in [-0.05, 0) is 24.6 Å². The van der Waals surface area contributed by atoms with Crippen LogP contribution in [0.5, 0.6) is 11.5 Å². The first kappa shape index (κ1) is 21.5. The molecule has 6 nitrogen and oxygen atoms in total. The topological polar surface area (TPSA) is 88.0 Å². The molecule has 0 aliphatic rings. The Morgan fingerprint density at radius 2 is 1.63 bits per heavy atom. The first-order valence-corrected chi connectivity index (χ1v) is 10.9. The minimum atomic E-state index is -3.47. The lowest BCUT2D eigenvalue weighted by Gasteiger charge is -2.22. The first-order valence-electron chi connectivity index (χ1n) is 8.83. The zero-order valence-electron chi connectivity index (χ0n) is 16.0. The summed E-state index contributed by atoms with van der Waals surface area (Å²) in [4.78, 5) is 10.2. The third kappa shape index (κ3) is 6.36. The lowest BCUT2D eigenvalue weighted by molar-refractivity contribution is 0.185. The molecule has 148 valence electrons. The van der Waals surface area contributed by atoms with Crippen LogP contribution in [0.2, 0.25) is 0 Å². The number of hydrogen-bond acceptors (Lipinski definition) is 5. The van der Waals surface area contributed by atoms with Crippen LogP contribution in [0.3, 0.4) is 0 Å². The molecule has 0 fully saturated rings. The summed E-state index contributed by atoms with van der Waals surface area (Å²) in [6.07, 6.45) is -1.04. The maximum absolute atomic E-state index is 12.4. The number of rotatable bonds is 10. The van der Waals surface area contributed by atoms with E-state index in [1.54, 1.807) is 14.2 Å². The van der Waals surface area contributed by atoms with E-state index in [-0.39, 0.29) is 24.9 Å². The van der Waals surface area contributed by atoms with Crippen LogP contribution in [-0.4, -0.2) is 43.0 Å². The van der Waals surface area contributed by atoms with Gasteiger partial charge < -0.3 is 24.8 Å². The van der Waals surface area contributed by atoms with E-state index in [0.29, 0.717) is 11.5 Å². The minimum Gasteiger partial charge on any atom is -0.496 e. The SMILES string of the molecule is COc1cccc(OC)c1C(C)NCC(O)CP(=O)(O)Cc1ccccc1. The molecule has 0 bridgehead atoms. The van der Waals surface area contributed by atoms with Crippen molar-refractivity contribution in [1.82, 2.24) is 5.32 Å². The van der Waals surface area contributed by atoms with Gasteiger partial charge >= 0.3 is 0 Å². The van der Waals surface area contributed by atoms with Gasteiger partial charge in [-0.2, -0.15) is 0 Å². The van der Waals surface area contributed by atoms with Crippen LogP contribution in [-0.2, 0) is 10.7 Å². The van der Waals surface area contributed by atoms with Gasteiger partial charge in [0.25, 0.3) is 0 Å². The molecule has 7 heteroatoms. The first-order chi connectivity index (χ1) is 12.9. The number of nitrogens with one attached hydrogen (secondary N) is 1. The normalized spacial score (nSPS) is 15.6. The number of methoxy groups -OCH3 is 2. The maximum atomic E-state index is 12.4. The van der Waals surface area contributed by atoms with Crippen molar-refractivity contribution < 1.29 is 24.0 Å². The number of aliphatic hydroxyl groups is 1. The molecule has 0 radical (unpaired) electrons. The highest BCUT2D eigenvalue weighted by Gasteiger charge is 2.24. The van der Waals surface area contributed by atoms with E-state index < -0.39 is 13.5 Å². The van der Waals surface area contributed by atoms with E-state index in [1.807, 2.05) is 55.5 Å². The number of benzene rings is 2. The molecule has 0 aliphatic heterocycles. The Balaban J connectivity index is 1.95. The van der Waals surface area contributed by atoms with Crippen molar-refractivity contribution in [2.45, 2.75) is 25.2 Å². The summed E-state index contributed by atoms with van der Waals surface area (Å²) in [5.41, 5.74) is 1.63. The van der Waals surface area contributed by atoms with Crippen LogP contribution in [0.25, 0.3) is 0 Å². The van der Waals surface area contributed by atoms with Gasteiger partial charge in [0.05, 0.1) is 32.0 Å². The smallest absolute Gasteiger partial charge is 0.207 e. The molecule has 0 saturated heterocycles. The quantitative estimate of drug-likeness (QED) is 0.538. The molecule has 0 aromatic heterocycles. The summed E-state index contributed by atoms with van der Waals surface area (Å²) in [6.45, 7) is 2.11. The zero-order valence-corrected chi connectivity index (χ0v) is 16.9. The molecule has 3 atom stereocenters. The largest absolute Gasteiger partial charge is 0.496 e. The van der Waals surface area contributed by atoms with Crippen LogP contribution in [0.4, 0.5) is 0 Å². The number of ether oxygens (including phenoxy) is 2. The summed E-state index contributed by atoms with van der Waals surface area (Å²) < 4.78 is 23.2. The maximum Gasteiger partial charge on any atom is 0.207 e. The van der Waals surface area contributed by atoms with Crippen LogP contribution in [0.15, 0.2) is 48.5 Å². The summed E-state index contributed by atoms with van der Waals surface area (Å²) in [6, 6.07) is 14.5. The highest BCUT2D eigenvalue weighted by atomic mass is 31.2. The van der Waals surface area contributed by atoms with Crippen molar-refractivity contribution in [3.8, 4) is 11.5 Å². The van der Waals surface area contributed by atoms with Gasteiger partial charge in [0.15, 0.2) is 0 Å². The van der Waals surface area contributed by atoms with Crippen LogP contribution in [0, 0.1) is 0 Å². The summed E-state index contributed by atoms with van der Waals surface area (Å²) >= 11 is 0. The molecule has 0 saturated carbocycles. The Hall–Kier alpha value is -1.85. The van der Waals surface area contributed by atoms with E-state index in [2.05, 4.69) is 5.32 Å². The summed E-state index contributed by atoms with van der Waals surface area (Å²) in [7, 11) is -0.295. The number of hydrogen-bond donors (Lipinski definition) is 3. The molecule has 2 aromatic rings. The second kappa shape index (κ2) is 9.90. The van der Waals surface area contributed by atoms with E-state index in [0.717, 1.165) is 11.1 Å². The fourth-order valence-corrected chi connectivity index (χ4v) is 4.75. The van der Waals surface area contributed by atoms with Crippen molar-refractivity contribution in [1.29, 1.82) is 0 Å². The molecular weight excluding hydrogens is 365 g/mol. The Kier molecular flexibility index (Phi) is 7.87. The van der Waals surface area contributed by atoms with Crippen molar-refractivity contribution in [3.63, 3.8) is 0 Å². The Morgan fingerprint density at radius 3 is 2.19 bits per heavy atom. The third-order valence-corrected chi connectivity index (χ3v) is 6.18. The minimum absolute atomic E-state index is 0.0563. The summed E-state index contributed by atoms with van der Waals surface area (Å²) in [5, 5.41) is 13.4. The highest BCUT2D eigenvalue weighted by Crippen LogP contribution is 2.45. The van der Waals surface area contributed by atoms with E-state index in [1.165, 1.54) is 0 Å². The van der Waals surface area contributed by atoms with Crippen molar-refractivity contribution in [2.75, 3.05) is 26.9 Å². The van der Waals surface area contributed by atoms with Gasteiger partial charge in [0.2, 0.25) is 7.37 Å². The molecule has 0 heterocycles. The Morgan fingerprint density at radius 1 is 1.04 bits per heavy atom. The van der Waals surface area contributed by atoms with Crippen LogP contribution < -0.4 is 14.8 Å². The molecule has 2 aromatic carbocycles. The van der Waals surface area contributed by atoms with Crippen LogP contribution in [0.1, 0.15) is 24.1 Å². The molecular formula is C20H28NO5P. The van der Waals surface area contributed by atoms with Crippen molar-refractivity contribution in [2.24, 2.45) is 0 Å². The van der Waals surface area contributed by atoms with Gasteiger partial charge in [0.1, 0.15) is 11.5 Å². The van der Waals surface area contributed by atoms with Gasteiger partial charge in [-0.15, -0.1) is 0 Å². The molecule has 2 rings (SSSR count). The second-order valence-electron chi connectivity index (χ2n) is 6.53. The van der Waals surface area contributed by atoms with Gasteiger partial charge in [-0.3, -0.25) is 4.57 Å². The monoisotopic (exact) mass is 393 g/mol. The lowest BCUT2D eigenvalue weighted by Crippen LogP contribution is -2.31. The van der Waals surface area contributed by atoms with E-state index in [9.17, 15) is 14.6 Å². The second-order valence-corrected chi connectivity index (χ2v) is 8.91. The highest BCUT2D eigenvalue weighted by molar-refractivity contribution is 7.57. The zero-order chi connectivity index (χ0) is 19.9. The van der Waals surface area contributed by atoms with Crippen molar-refractivity contribution >= 4 is 7.37 Å². The fraction of sp³-hybridized carbons (Fsp3) is 0.400. The third-order valence-electron chi connectivity index (χ3n) is 4.33. The Bertz CT molecular complexity index is 746. The predicted molar refractivity (Wildman–Crippen MR) is 107 cm³/mol. The van der Waals surface area contributed by atoms with Gasteiger partial charge in [-0.1, -0.05) is 36.4 Å². The van der Waals surface area contributed by atoms with E-state index in [4.69, 9.17) is 9.47 Å². The van der Waals surface area contributed by atoms with Crippen molar-refractivity contribution in [3.05, 3.63) is 59.7 Å². The molecule has 0 amide bonds. The Labute approximate surface area is 160 Å².